The number of anilines is 1. The molecule has 1 saturated heterocycles. The molecule has 2 aromatic heterocycles. The normalized spacial score (nSPS) is 16.6. The molecule has 1 fully saturated rings. The topological polar surface area (TPSA) is 52.2 Å². The highest BCUT2D eigenvalue weighted by Gasteiger charge is 2.19. The summed E-state index contributed by atoms with van der Waals surface area (Å²) in [7, 11) is 0. The fraction of sp³-hybridized carbons (Fsp3) is 0.429. The van der Waals surface area contributed by atoms with Crippen LogP contribution in [-0.4, -0.2) is 41.0 Å². The predicted molar refractivity (Wildman–Crippen MR) is 81.4 cm³/mol. The van der Waals surface area contributed by atoms with Crippen LogP contribution in [0, 0.1) is 6.92 Å². The molecule has 0 aliphatic carbocycles. The molecule has 20 heavy (non-hydrogen) atoms. The molecular formula is C14H18N4OS. The molecule has 0 bridgehead atoms. The van der Waals surface area contributed by atoms with Gasteiger partial charge in [-0.1, -0.05) is 17.4 Å². The first-order valence-corrected chi connectivity index (χ1v) is 7.61. The maximum atomic E-state index is 11.3. The van der Waals surface area contributed by atoms with Gasteiger partial charge in [-0.3, -0.25) is 9.69 Å². The number of hydrogen-bond acceptors (Lipinski definition) is 5. The second-order valence-electron chi connectivity index (χ2n) is 5.01. The summed E-state index contributed by atoms with van der Waals surface area (Å²) >= 11 is 1.33. The monoisotopic (exact) mass is 290 g/mol. The first-order chi connectivity index (χ1) is 9.72. The number of aromatic amines is 1. The second kappa shape index (κ2) is 5.76. The van der Waals surface area contributed by atoms with Crippen molar-refractivity contribution in [1.29, 1.82) is 0 Å². The van der Waals surface area contributed by atoms with Crippen molar-refractivity contribution in [1.82, 2.24) is 14.9 Å². The van der Waals surface area contributed by atoms with Gasteiger partial charge >= 0.3 is 4.87 Å². The van der Waals surface area contributed by atoms with Gasteiger partial charge in [0.1, 0.15) is 5.82 Å². The van der Waals surface area contributed by atoms with Gasteiger partial charge < -0.3 is 9.88 Å². The van der Waals surface area contributed by atoms with Crippen LogP contribution in [-0.2, 0) is 6.54 Å². The Labute approximate surface area is 121 Å². The highest BCUT2D eigenvalue weighted by atomic mass is 32.1. The maximum absolute atomic E-state index is 11.3. The van der Waals surface area contributed by atoms with E-state index < -0.39 is 0 Å². The minimum atomic E-state index is 0.0459. The SMILES string of the molecule is Cc1[nH]c(=O)sc1CN1CCN(c2ccccn2)CC1. The number of aromatic nitrogens is 2. The number of thiazole rings is 1. The van der Waals surface area contributed by atoms with E-state index in [0.29, 0.717) is 0 Å². The van der Waals surface area contributed by atoms with Crippen molar-refractivity contribution in [2.45, 2.75) is 13.5 Å². The van der Waals surface area contributed by atoms with Gasteiger partial charge in [-0.15, -0.1) is 0 Å². The summed E-state index contributed by atoms with van der Waals surface area (Å²) in [6.45, 7) is 6.80. The zero-order valence-corrected chi connectivity index (χ0v) is 12.3. The Bertz CT molecular complexity index is 614. The smallest absolute Gasteiger partial charge is 0.304 e. The number of nitrogens with one attached hydrogen (secondary N) is 1. The van der Waals surface area contributed by atoms with Crippen molar-refractivity contribution in [2.75, 3.05) is 31.1 Å². The third kappa shape index (κ3) is 2.91. The molecule has 0 aromatic carbocycles. The minimum absolute atomic E-state index is 0.0459. The summed E-state index contributed by atoms with van der Waals surface area (Å²) in [6, 6.07) is 6.02. The number of hydrogen-bond donors (Lipinski definition) is 1. The lowest BCUT2D eigenvalue weighted by atomic mass is 10.3. The van der Waals surface area contributed by atoms with E-state index in [4.69, 9.17) is 0 Å². The number of rotatable bonds is 3. The summed E-state index contributed by atoms with van der Waals surface area (Å²) in [5.74, 6) is 1.05. The van der Waals surface area contributed by atoms with Crippen LogP contribution in [0.15, 0.2) is 29.2 Å². The lowest BCUT2D eigenvalue weighted by molar-refractivity contribution is 0.251. The van der Waals surface area contributed by atoms with Crippen LogP contribution in [0.3, 0.4) is 0 Å². The van der Waals surface area contributed by atoms with Crippen LogP contribution >= 0.6 is 11.3 Å². The number of nitrogens with zero attached hydrogens (tertiary/aromatic N) is 3. The molecule has 0 amide bonds. The summed E-state index contributed by atoms with van der Waals surface area (Å²) in [5.41, 5.74) is 1.01. The number of aryl methyl sites for hydroxylation is 1. The Morgan fingerprint density at radius 3 is 2.70 bits per heavy atom. The second-order valence-corrected chi connectivity index (χ2v) is 6.08. The zero-order valence-electron chi connectivity index (χ0n) is 11.5. The lowest BCUT2D eigenvalue weighted by Gasteiger charge is -2.35. The molecule has 5 nitrogen and oxygen atoms in total. The van der Waals surface area contributed by atoms with Crippen molar-refractivity contribution in [2.24, 2.45) is 0 Å². The first kappa shape index (κ1) is 13.3. The van der Waals surface area contributed by atoms with Crippen LogP contribution in [0.2, 0.25) is 0 Å². The molecule has 0 atom stereocenters. The largest absolute Gasteiger partial charge is 0.354 e. The Balaban J connectivity index is 1.59. The Morgan fingerprint density at radius 2 is 2.10 bits per heavy atom. The van der Waals surface area contributed by atoms with Crippen LogP contribution < -0.4 is 9.77 Å². The third-order valence-electron chi connectivity index (χ3n) is 3.64. The van der Waals surface area contributed by atoms with E-state index in [1.165, 1.54) is 11.3 Å². The van der Waals surface area contributed by atoms with Gasteiger partial charge in [0.15, 0.2) is 0 Å². The van der Waals surface area contributed by atoms with Crippen molar-refractivity contribution in [3.8, 4) is 0 Å². The van der Waals surface area contributed by atoms with E-state index >= 15 is 0 Å². The Morgan fingerprint density at radius 1 is 1.30 bits per heavy atom. The van der Waals surface area contributed by atoms with Crippen LogP contribution in [0.1, 0.15) is 10.6 Å². The molecule has 1 aliphatic heterocycles. The quantitative estimate of drug-likeness (QED) is 0.930. The molecule has 0 spiro atoms. The van der Waals surface area contributed by atoms with Crippen molar-refractivity contribution < 1.29 is 0 Å². The van der Waals surface area contributed by atoms with E-state index in [2.05, 4.69) is 25.8 Å². The molecule has 0 unspecified atom stereocenters. The number of pyridine rings is 1. The van der Waals surface area contributed by atoms with Gasteiger partial charge in [-0.05, 0) is 19.1 Å². The summed E-state index contributed by atoms with van der Waals surface area (Å²) in [4.78, 5) is 24.5. The molecular weight excluding hydrogens is 272 g/mol. The molecule has 1 N–H and O–H groups in total. The molecule has 6 heteroatoms. The van der Waals surface area contributed by atoms with E-state index in [1.807, 2.05) is 25.3 Å². The third-order valence-corrected chi connectivity index (χ3v) is 4.61. The zero-order chi connectivity index (χ0) is 13.9. The minimum Gasteiger partial charge on any atom is -0.354 e. The van der Waals surface area contributed by atoms with E-state index in [9.17, 15) is 4.79 Å². The standard InChI is InChI=1S/C14H18N4OS/c1-11-12(20-14(19)16-11)10-17-6-8-18(9-7-17)13-4-2-3-5-15-13/h2-5H,6-10H2,1H3,(H,16,19). The predicted octanol–water partition coefficient (Wildman–Crippen LogP) is 1.46. The highest BCUT2D eigenvalue weighted by molar-refractivity contribution is 7.09. The van der Waals surface area contributed by atoms with Gasteiger partial charge in [0, 0.05) is 49.5 Å². The fourth-order valence-electron chi connectivity index (χ4n) is 2.47. The van der Waals surface area contributed by atoms with Gasteiger partial charge in [0.2, 0.25) is 0 Å². The lowest BCUT2D eigenvalue weighted by Crippen LogP contribution is -2.46. The maximum Gasteiger partial charge on any atom is 0.304 e. The highest BCUT2D eigenvalue weighted by Crippen LogP contribution is 2.16. The number of H-pyrrole nitrogens is 1. The first-order valence-electron chi connectivity index (χ1n) is 6.79. The molecule has 0 radical (unpaired) electrons. The summed E-state index contributed by atoms with van der Waals surface area (Å²) in [5, 5.41) is 0. The van der Waals surface area contributed by atoms with Crippen molar-refractivity contribution >= 4 is 17.2 Å². The van der Waals surface area contributed by atoms with Gasteiger partial charge in [0.05, 0.1) is 0 Å². The molecule has 106 valence electrons. The van der Waals surface area contributed by atoms with Crippen LogP contribution in [0.25, 0.3) is 0 Å². The number of piperazine rings is 1. The van der Waals surface area contributed by atoms with Crippen LogP contribution in [0.4, 0.5) is 5.82 Å². The average Bonchev–Trinajstić information content (AvgIpc) is 2.79. The van der Waals surface area contributed by atoms with Crippen LogP contribution in [0.5, 0.6) is 0 Å². The average molecular weight is 290 g/mol. The molecule has 0 saturated carbocycles. The molecule has 1 aliphatic rings. The summed E-state index contributed by atoms with van der Waals surface area (Å²) < 4.78 is 0. The van der Waals surface area contributed by atoms with E-state index in [-0.39, 0.29) is 4.87 Å². The van der Waals surface area contributed by atoms with Gasteiger partial charge in [-0.25, -0.2) is 4.98 Å². The van der Waals surface area contributed by atoms with Crippen molar-refractivity contribution in [3.63, 3.8) is 0 Å². The van der Waals surface area contributed by atoms with E-state index in [0.717, 1.165) is 49.1 Å². The molecule has 2 aromatic rings. The van der Waals surface area contributed by atoms with E-state index in [1.54, 1.807) is 0 Å². The van der Waals surface area contributed by atoms with Crippen molar-refractivity contribution in [3.05, 3.63) is 44.6 Å². The molecule has 3 heterocycles. The van der Waals surface area contributed by atoms with Gasteiger partial charge in [0.25, 0.3) is 0 Å². The Hall–Kier alpha value is -1.66. The summed E-state index contributed by atoms with van der Waals surface area (Å²) in [6.07, 6.45) is 1.84. The van der Waals surface area contributed by atoms with Gasteiger partial charge in [-0.2, -0.15) is 0 Å². The molecule has 3 rings (SSSR count). The Kier molecular flexibility index (Phi) is 3.84. The fourth-order valence-corrected chi connectivity index (χ4v) is 3.35.